The van der Waals surface area contributed by atoms with Gasteiger partial charge in [-0.2, -0.15) is 0 Å². The number of likely N-dealkylation sites (tertiary alicyclic amines) is 1. The zero-order valence-corrected chi connectivity index (χ0v) is 20.4. The predicted octanol–water partition coefficient (Wildman–Crippen LogP) is 4.32. The molecule has 4 rings (SSSR count). The Hall–Kier alpha value is -2.90. The summed E-state index contributed by atoms with van der Waals surface area (Å²) in [5.74, 6) is -0.596. The van der Waals surface area contributed by atoms with Gasteiger partial charge in [0, 0.05) is 49.4 Å². The summed E-state index contributed by atoms with van der Waals surface area (Å²) in [6.45, 7) is 6.88. The third kappa shape index (κ3) is 5.42. The first-order valence-electron chi connectivity index (χ1n) is 11.9. The Balaban J connectivity index is 1.47. The molecule has 2 aromatic rings. The predicted molar refractivity (Wildman–Crippen MR) is 135 cm³/mol. The Labute approximate surface area is 205 Å². The maximum absolute atomic E-state index is 13.1. The summed E-state index contributed by atoms with van der Waals surface area (Å²) in [4.78, 5) is 42.4. The van der Waals surface area contributed by atoms with Crippen LogP contribution in [0.25, 0.3) is 0 Å². The number of nitrogens with zero attached hydrogens (tertiary/aromatic N) is 2. The van der Waals surface area contributed by atoms with Gasteiger partial charge in [0.25, 0.3) is 11.8 Å². The number of carbonyl (C=O) groups is 3. The van der Waals surface area contributed by atoms with Crippen molar-refractivity contribution < 1.29 is 14.4 Å². The summed E-state index contributed by atoms with van der Waals surface area (Å²) >= 11 is 6.40. The molecule has 2 fully saturated rings. The van der Waals surface area contributed by atoms with Crippen LogP contribution in [-0.2, 0) is 4.79 Å². The Bertz CT molecular complexity index is 1080. The molecule has 2 aliphatic rings. The number of hydrogen-bond acceptors (Lipinski definition) is 4. The van der Waals surface area contributed by atoms with Crippen molar-refractivity contribution in [1.29, 1.82) is 0 Å². The van der Waals surface area contributed by atoms with E-state index < -0.39 is 0 Å². The minimum Gasteiger partial charge on any atom is -0.349 e. The fourth-order valence-electron chi connectivity index (χ4n) is 4.61. The first-order chi connectivity index (χ1) is 16.3. The molecule has 0 unspecified atom stereocenters. The normalized spacial score (nSPS) is 17.3. The third-order valence-electron chi connectivity index (χ3n) is 6.58. The molecule has 0 aromatic heterocycles. The Kier molecular flexibility index (Phi) is 7.54. The van der Waals surface area contributed by atoms with Crippen molar-refractivity contribution >= 4 is 40.7 Å². The quantitative estimate of drug-likeness (QED) is 0.642. The zero-order valence-electron chi connectivity index (χ0n) is 19.6. The lowest BCUT2D eigenvalue weighted by molar-refractivity contribution is -0.117. The number of piperidine rings is 1. The average molecular weight is 483 g/mol. The van der Waals surface area contributed by atoms with Gasteiger partial charge in [0.15, 0.2) is 0 Å². The van der Waals surface area contributed by atoms with Crippen LogP contribution in [0.2, 0.25) is 5.02 Å². The van der Waals surface area contributed by atoms with Crippen molar-refractivity contribution in [2.45, 2.75) is 51.6 Å². The highest BCUT2D eigenvalue weighted by atomic mass is 35.5. The van der Waals surface area contributed by atoms with Gasteiger partial charge >= 0.3 is 0 Å². The first-order valence-corrected chi connectivity index (χ1v) is 12.3. The van der Waals surface area contributed by atoms with Gasteiger partial charge in [0.1, 0.15) is 0 Å². The van der Waals surface area contributed by atoms with E-state index in [-0.39, 0.29) is 34.3 Å². The van der Waals surface area contributed by atoms with Gasteiger partial charge in [-0.05, 0) is 63.4 Å². The Morgan fingerprint density at radius 1 is 1.03 bits per heavy atom. The van der Waals surface area contributed by atoms with Crippen molar-refractivity contribution in [3.05, 3.63) is 58.6 Å². The average Bonchev–Trinajstić information content (AvgIpc) is 3.25. The van der Waals surface area contributed by atoms with Crippen LogP contribution in [0.5, 0.6) is 0 Å². The maximum Gasteiger partial charge on any atom is 0.255 e. The highest BCUT2D eigenvalue weighted by Gasteiger charge is 2.26. The lowest BCUT2D eigenvalue weighted by Gasteiger charge is -2.35. The van der Waals surface area contributed by atoms with Crippen molar-refractivity contribution in [2.75, 3.05) is 29.9 Å². The van der Waals surface area contributed by atoms with Gasteiger partial charge in [0.05, 0.1) is 16.3 Å². The highest BCUT2D eigenvalue weighted by Crippen LogP contribution is 2.27. The fourth-order valence-corrected chi connectivity index (χ4v) is 4.87. The molecule has 7 nitrogen and oxygen atoms in total. The van der Waals surface area contributed by atoms with Crippen LogP contribution in [0, 0.1) is 0 Å². The molecular weight excluding hydrogens is 452 g/mol. The number of nitrogens with one attached hydrogen (secondary N) is 2. The number of rotatable bonds is 6. The van der Waals surface area contributed by atoms with E-state index in [0.29, 0.717) is 35.9 Å². The molecule has 0 radical (unpaired) electrons. The molecule has 2 saturated heterocycles. The van der Waals surface area contributed by atoms with Crippen LogP contribution in [0.4, 0.5) is 11.4 Å². The van der Waals surface area contributed by atoms with Crippen molar-refractivity contribution in [3.8, 4) is 0 Å². The molecule has 180 valence electrons. The van der Waals surface area contributed by atoms with E-state index >= 15 is 0 Å². The fraction of sp³-hybridized carbons (Fsp3) is 0.423. The molecule has 2 aliphatic heterocycles. The second kappa shape index (κ2) is 10.6. The number of halogens is 1. The number of hydrogen-bond donors (Lipinski definition) is 2. The van der Waals surface area contributed by atoms with E-state index in [4.69, 9.17) is 11.6 Å². The van der Waals surface area contributed by atoms with E-state index in [1.165, 1.54) is 0 Å². The lowest BCUT2D eigenvalue weighted by atomic mass is 10.0. The summed E-state index contributed by atoms with van der Waals surface area (Å²) in [5, 5.41) is 6.22. The maximum atomic E-state index is 13.1. The second-order valence-electron chi connectivity index (χ2n) is 9.19. The van der Waals surface area contributed by atoms with Gasteiger partial charge in [-0.3, -0.25) is 14.4 Å². The number of benzene rings is 2. The van der Waals surface area contributed by atoms with E-state index in [1.807, 2.05) is 6.07 Å². The minimum absolute atomic E-state index is 0.0607. The highest BCUT2D eigenvalue weighted by molar-refractivity contribution is 6.35. The van der Waals surface area contributed by atoms with Crippen molar-refractivity contribution in [3.63, 3.8) is 0 Å². The third-order valence-corrected chi connectivity index (χ3v) is 6.89. The second-order valence-corrected chi connectivity index (χ2v) is 9.60. The molecule has 8 heteroatoms. The lowest BCUT2D eigenvalue weighted by Crippen LogP contribution is -2.46. The van der Waals surface area contributed by atoms with Crippen LogP contribution in [0.3, 0.4) is 0 Å². The van der Waals surface area contributed by atoms with E-state index in [1.54, 1.807) is 41.3 Å². The first kappa shape index (κ1) is 24.2. The van der Waals surface area contributed by atoms with Crippen LogP contribution in [0.1, 0.15) is 60.2 Å². The van der Waals surface area contributed by atoms with Gasteiger partial charge in [0.2, 0.25) is 5.91 Å². The molecule has 0 bridgehead atoms. The number of amides is 3. The topological polar surface area (TPSA) is 81.8 Å². The van der Waals surface area contributed by atoms with Gasteiger partial charge in [-0.25, -0.2) is 0 Å². The molecular formula is C26H31ClN4O3. The molecule has 2 aromatic carbocycles. The van der Waals surface area contributed by atoms with Crippen LogP contribution in [-0.4, -0.2) is 54.3 Å². The molecule has 0 aliphatic carbocycles. The van der Waals surface area contributed by atoms with Gasteiger partial charge in [-0.15, -0.1) is 0 Å². The number of anilines is 2. The summed E-state index contributed by atoms with van der Waals surface area (Å²) < 4.78 is 0. The molecule has 34 heavy (non-hydrogen) atoms. The monoisotopic (exact) mass is 482 g/mol. The Morgan fingerprint density at radius 2 is 1.76 bits per heavy atom. The standard InChI is InChI=1S/C26H31ClN4O3/c1-17(2)30-14-11-19(12-15-30)28-26(34)24-21(27)8-4-9-22(24)29-25(33)18-6-3-7-20(16-18)31-13-5-10-23(31)32/h3-4,6-9,16-17,19H,5,10-15H2,1-2H3,(H,28,34)(H,29,33). The van der Waals surface area contributed by atoms with Crippen LogP contribution >= 0.6 is 11.6 Å². The van der Waals surface area contributed by atoms with Gasteiger partial charge < -0.3 is 20.4 Å². The van der Waals surface area contributed by atoms with E-state index in [0.717, 1.165) is 32.4 Å². The van der Waals surface area contributed by atoms with Gasteiger partial charge in [-0.1, -0.05) is 23.7 Å². The molecule has 0 atom stereocenters. The van der Waals surface area contributed by atoms with Crippen LogP contribution in [0.15, 0.2) is 42.5 Å². The summed E-state index contributed by atoms with van der Waals surface area (Å²) in [6, 6.07) is 12.5. The molecule has 0 saturated carbocycles. The largest absolute Gasteiger partial charge is 0.349 e. The van der Waals surface area contributed by atoms with E-state index in [9.17, 15) is 14.4 Å². The van der Waals surface area contributed by atoms with Crippen molar-refractivity contribution in [1.82, 2.24) is 10.2 Å². The smallest absolute Gasteiger partial charge is 0.255 e. The molecule has 2 N–H and O–H groups in total. The summed E-state index contributed by atoms with van der Waals surface area (Å²) in [7, 11) is 0. The molecule has 2 heterocycles. The van der Waals surface area contributed by atoms with Crippen molar-refractivity contribution in [2.24, 2.45) is 0 Å². The minimum atomic E-state index is -0.366. The summed E-state index contributed by atoms with van der Waals surface area (Å²) in [5.41, 5.74) is 1.73. The Morgan fingerprint density at radius 3 is 2.44 bits per heavy atom. The SMILES string of the molecule is CC(C)N1CCC(NC(=O)c2c(Cl)cccc2NC(=O)c2cccc(N3CCCC3=O)c2)CC1. The zero-order chi connectivity index (χ0) is 24.2. The van der Waals surface area contributed by atoms with Crippen LogP contribution < -0.4 is 15.5 Å². The summed E-state index contributed by atoms with van der Waals surface area (Å²) in [6.07, 6.45) is 3.08. The molecule has 0 spiro atoms. The molecule has 3 amide bonds. The number of carbonyl (C=O) groups excluding carboxylic acids is 3. The van der Waals surface area contributed by atoms with E-state index in [2.05, 4.69) is 29.4 Å².